The van der Waals surface area contributed by atoms with E-state index in [1.54, 1.807) is 0 Å². The summed E-state index contributed by atoms with van der Waals surface area (Å²) in [6.45, 7) is 3.05. The summed E-state index contributed by atoms with van der Waals surface area (Å²) in [7, 11) is 0. The molecule has 1 amide bonds. The van der Waals surface area contributed by atoms with Crippen LogP contribution >= 0.6 is 0 Å². The largest absolute Gasteiger partial charge is 0.494 e. The van der Waals surface area contributed by atoms with E-state index >= 15 is 0 Å². The van der Waals surface area contributed by atoms with Crippen LogP contribution in [0.5, 0.6) is 5.75 Å². The van der Waals surface area contributed by atoms with Crippen LogP contribution < -0.4 is 10.2 Å². The van der Waals surface area contributed by atoms with Gasteiger partial charge >= 0.3 is 0 Å². The molecule has 0 spiro atoms. The van der Waals surface area contributed by atoms with Crippen molar-refractivity contribution in [2.24, 2.45) is 5.10 Å². The molecule has 0 radical (unpaired) electrons. The summed E-state index contributed by atoms with van der Waals surface area (Å²) in [6.07, 6.45) is 14.6. The molecule has 1 aromatic carbocycles. The molecule has 0 unspecified atom stereocenters. The minimum atomic E-state index is -0.00908. The minimum Gasteiger partial charge on any atom is -0.494 e. The molecule has 144 valence electrons. The molecular formula is C22H34N2O2. The number of nitrogens with one attached hydrogen (secondary N) is 1. The molecule has 0 saturated carbocycles. The fourth-order valence-corrected chi connectivity index (χ4v) is 3.21. The number of ether oxygens (including phenoxy) is 1. The van der Waals surface area contributed by atoms with Gasteiger partial charge in [0.05, 0.1) is 12.3 Å². The van der Waals surface area contributed by atoms with E-state index in [-0.39, 0.29) is 5.91 Å². The third kappa shape index (κ3) is 8.03. The van der Waals surface area contributed by atoms with Gasteiger partial charge in [0.1, 0.15) is 5.75 Å². The van der Waals surface area contributed by atoms with Crippen molar-refractivity contribution in [1.82, 2.24) is 5.43 Å². The van der Waals surface area contributed by atoms with Gasteiger partial charge in [-0.2, -0.15) is 5.10 Å². The van der Waals surface area contributed by atoms with Gasteiger partial charge in [-0.15, -0.1) is 0 Å². The highest BCUT2D eigenvalue weighted by molar-refractivity contribution is 6.04. The van der Waals surface area contributed by atoms with Crippen molar-refractivity contribution in [3.63, 3.8) is 0 Å². The van der Waals surface area contributed by atoms with E-state index in [2.05, 4.69) is 17.5 Å². The third-order valence-corrected chi connectivity index (χ3v) is 4.86. The van der Waals surface area contributed by atoms with Gasteiger partial charge in [-0.3, -0.25) is 4.79 Å². The van der Waals surface area contributed by atoms with E-state index in [9.17, 15) is 4.79 Å². The SMILES string of the molecule is CCCCCCCCCCCCOc1ccc(C2=NNC(=O)CC2)cc1. The van der Waals surface area contributed by atoms with Gasteiger partial charge in [0, 0.05) is 12.8 Å². The minimum absolute atomic E-state index is 0.00908. The fourth-order valence-electron chi connectivity index (χ4n) is 3.21. The highest BCUT2D eigenvalue weighted by Gasteiger charge is 2.12. The van der Waals surface area contributed by atoms with Gasteiger partial charge < -0.3 is 4.74 Å². The van der Waals surface area contributed by atoms with Gasteiger partial charge in [0.15, 0.2) is 0 Å². The predicted octanol–water partition coefficient (Wildman–Crippen LogP) is 5.60. The molecule has 4 nitrogen and oxygen atoms in total. The van der Waals surface area contributed by atoms with Crippen LogP contribution in [0.3, 0.4) is 0 Å². The second-order valence-electron chi connectivity index (χ2n) is 7.15. The normalized spacial score (nSPS) is 14.0. The number of unbranched alkanes of at least 4 members (excludes halogenated alkanes) is 9. The van der Waals surface area contributed by atoms with Gasteiger partial charge in [-0.25, -0.2) is 5.43 Å². The summed E-state index contributed by atoms with van der Waals surface area (Å²) in [5.74, 6) is 0.898. The van der Waals surface area contributed by atoms with Crippen LogP contribution in [0.25, 0.3) is 0 Å². The summed E-state index contributed by atoms with van der Waals surface area (Å²) in [5, 5.41) is 4.12. The number of hydrogen-bond acceptors (Lipinski definition) is 3. The lowest BCUT2D eigenvalue weighted by molar-refractivity contribution is -0.121. The summed E-state index contributed by atoms with van der Waals surface area (Å²) in [4.78, 5) is 11.1. The molecule has 1 aromatic rings. The number of carbonyl (C=O) groups is 1. The molecule has 0 fully saturated rings. The number of nitrogens with zero attached hydrogens (tertiary/aromatic N) is 1. The van der Waals surface area contributed by atoms with E-state index in [1.165, 1.54) is 57.8 Å². The quantitative estimate of drug-likeness (QED) is 0.467. The second-order valence-corrected chi connectivity index (χ2v) is 7.15. The van der Waals surface area contributed by atoms with Crippen molar-refractivity contribution in [3.05, 3.63) is 29.8 Å². The molecule has 0 aliphatic carbocycles. The first-order valence-electron chi connectivity index (χ1n) is 10.4. The number of amides is 1. The summed E-state index contributed by atoms with van der Waals surface area (Å²) >= 11 is 0. The van der Waals surface area contributed by atoms with Gasteiger partial charge in [0.2, 0.25) is 5.91 Å². The molecule has 0 saturated heterocycles. The van der Waals surface area contributed by atoms with Crippen LogP contribution in [-0.2, 0) is 4.79 Å². The Morgan fingerprint density at radius 2 is 1.50 bits per heavy atom. The Kier molecular flexibility index (Phi) is 9.84. The lowest BCUT2D eigenvalue weighted by atomic mass is 10.0. The van der Waals surface area contributed by atoms with Crippen LogP contribution in [0, 0.1) is 0 Å². The first-order chi connectivity index (χ1) is 12.8. The lowest BCUT2D eigenvalue weighted by Crippen LogP contribution is -2.25. The topological polar surface area (TPSA) is 50.7 Å². The van der Waals surface area contributed by atoms with Crippen molar-refractivity contribution in [1.29, 1.82) is 0 Å². The van der Waals surface area contributed by atoms with Crippen LogP contribution in [0.15, 0.2) is 29.4 Å². The van der Waals surface area contributed by atoms with Crippen LogP contribution in [0.4, 0.5) is 0 Å². The van der Waals surface area contributed by atoms with E-state index in [0.29, 0.717) is 12.8 Å². The van der Waals surface area contributed by atoms with Crippen molar-refractivity contribution < 1.29 is 9.53 Å². The molecule has 1 N–H and O–H groups in total. The molecule has 1 aliphatic rings. The molecule has 0 atom stereocenters. The number of hydrazone groups is 1. The van der Waals surface area contributed by atoms with Crippen molar-refractivity contribution in [3.8, 4) is 5.75 Å². The average molecular weight is 359 g/mol. The zero-order valence-corrected chi connectivity index (χ0v) is 16.3. The maximum atomic E-state index is 11.1. The number of carbonyl (C=O) groups excluding carboxylic acids is 1. The van der Waals surface area contributed by atoms with E-state index in [0.717, 1.165) is 30.1 Å². The molecule has 2 rings (SSSR count). The van der Waals surface area contributed by atoms with Crippen LogP contribution in [0.2, 0.25) is 0 Å². The molecule has 1 heterocycles. The zero-order valence-electron chi connectivity index (χ0n) is 16.3. The molecule has 4 heteroatoms. The first kappa shape index (κ1) is 20.5. The Morgan fingerprint density at radius 1 is 0.885 bits per heavy atom. The average Bonchev–Trinajstić information content (AvgIpc) is 2.67. The van der Waals surface area contributed by atoms with Gasteiger partial charge in [-0.1, -0.05) is 64.7 Å². The molecule has 1 aliphatic heterocycles. The molecular weight excluding hydrogens is 324 g/mol. The standard InChI is InChI=1S/C22H34N2O2/c1-2-3-4-5-6-7-8-9-10-11-18-26-20-14-12-19(13-15-20)21-16-17-22(25)24-23-21/h12-15H,2-11,16-18H2,1H3,(H,24,25). The Balaban J connectivity index is 1.51. The smallest absolute Gasteiger partial charge is 0.240 e. The zero-order chi connectivity index (χ0) is 18.5. The lowest BCUT2D eigenvalue weighted by Gasteiger charge is -2.12. The van der Waals surface area contributed by atoms with Crippen LogP contribution in [-0.4, -0.2) is 18.2 Å². The monoisotopic (exact) mass is 358 g/mol. The summed E-state index contributed by atoms with van der Waals surface area (Å²) < 4.78 is 5.83. The maximum Gasteiger partial charge on any atom is 0.240 e. The van der Waals surface area contributed by atoms with E-state index < -0.39 is 0 Å². The Labute approximate surface area is 158 Å². The number of rotatable bonds is 13. The van der Waals surface area contributed by atoms with E-state index in [1.807, 2.05) is 24.3 Å². The molecule has 26 heavy (non-hydrogen) atoms. The number of benzene rings is 1. The third-order valence-electron chi connectivity index (χ3n) is 4.86. The summed E-state index contributed by atoms with van der Waals surface area (Å²) in [5.41, 5.74) is 4.53. The highest BCUT2D eigenvalue weighted by atomic mass is 16.5. The molecule has 0 aromatic heterocycles. The van der Waals surface area contributed by atoms with Crippen molar-refractivity contribution in [2.45, 2.75) is 84.0 Å². The second kappa shape index (κ2) is 12.5. The van der Waals surface area contributed by atoms with Crippen LogP contribution in [0.1, 0.15) is 89.5 Å². The fraction of sp³-hybridized carbons (Fsp3) is 0.636. The number of hydrogen-bond donors (Lipinski definition) is 1. The Hall–Kier alpha value is -1.84. The Bertz CT molecular complexity index is 552. The first-order valence-corrected chi connectivity index (χ1v) is 10.4. The molecule has 0 bridgehead atoms. The van der Waals surface area contributed by atoms with Crippen molar-refractivity contribution >= 4 is 11.6 Å². The highest BCUT2D eigenvalue weighted by Crippen LogP contribution is 2.16. The van der Waals surface area contributed by atoms with Gasteiger partial charge in [0.25, 0.3) is 0 Å². The Morgan fingerprint density at radius 3 is 2.08 bits per heavy atom. The maximum absolute atomic E-state index is 11.1. The van der Waals surface area contributed by atoms with Gasteiger partial charge in [-0.05, 0) is 36.2 Å². The van der Waals surface area contributed by atoms with Crippen molar-refractivity contribution in [2.75, 3.05) is 6.61 Å². The van der Waals surface area contributed by atoms with E-state index in [4.69, 9.17) is 4.74 Å². The summed E-state index contributed by atoms with van der Waals surface area (Å²) in [6, 6.07) is 8.02. The predicted molar refractivity (Wildman–Crippen MR) is 108 cm³/mol.